The number of H-pyrrole nitrogens is 1. The van der Waals surface area contributed by atoms with Crippen LogP contribution in [0.3, 0.4) is 0 Å². The van der Waals surface area contributed by atoms with E-state index in [1.54, 1.807) is 0 Å². The van der Waals surface area contributed by atoms with Crippen molar-refractivity contribution in [2.24, 2.45) is 0 Å². The summed E-state index contributed by atoms with van der Waals surface area (Å²) in [5.41, 5.74) is 11.0. The van der Waals surface area contributed by atoms with E-state index in [2.05, 4.69) is 46.3 Å². The van der Waals surface area contributed by atoms with Crippen molar-refractivity contribution >= 4 is 5.69 Å². The van der Waals surface area contributed by atoms with Crippen molar-refractivity contribution < 1.29 is 9.13 Å². The maximum Gasteiger partial charge on any atom is 0.181 e. The molecule has 34 heavy (non-hydrogen) atoms. The Morgan fingerprint density at radius 2 is 1.88 bits per heavy atom. The van der Waals surface area contributed by atoms with Crippen LogP contribution in [0.5, 0.6) is 0 Å². The standard InChI is InChI=1S/C27H28FN5O/c1-33(2)14-4-13-27(21-8-10-22(28)11-9-21)24-12-7-19(15-20(24)17-34-27)26-30-25(31-32-26)18-5-3-6-23(29)16-18/h3,5-12,15-16H,4,13-14,17,29H2,1-2H3,(H,30,31,32)/t27-/m0/s1. The highest BCUT2D eigenvalue weighted by Crippen LogP contribution is 2.46. The first-order chi connectivity index (χ1) is 16.4. The number of aromatic amines is 1. The van der Waals surface area contributed by atoms with Crippen LogP contribution < -0.4 is 5.73 Å². The fraction of sp³-hybridized carbons (Fsp3) is 0.259. The maximum absolute atomic E-state index is 13.7. The zero-order valence-electron chi connectivity index (χ0n) is 19.4. The molecule has 1 aliphatic rings. The summed E-state index contributed by atoms with van der Waals surface area (Å²) < 4.78 is 20.2. The van der Waals surface area contributed by atoms with E-state index < -0.39 is 5.60 Å². The topological polar surface area (TPSA) is 80.1 Å². The molecule has 1 atom stereocenters. The van der Waals surface area contributed by atoms with Crippen LogP contribution in [0.4, 0.5) is 10.1 Å². The summed E-state index contributed by atoms with van der Waals surface area (Å²) in [6, 6.07) is 20.5. The summed E-state index contributed by atoms with van der Waals surface area (Å²) >= 11 is 0. The van der Waals surface area contributed by atoms with Gasteiger partial charge in [-0.1, -0.05) is 36.4 Å². The molecule has 0 bridgehead atoms. The molecule has 1 aliphatic heterocycles. The maximum atomic E-state index is 13.7. The van der Waals surface area contributed by atoms with Crippen LogP contribution in [-0.4, -0.2) is 40.7 Å². The molecule has 0 fully saturated rings. The van der Waals surface area contributed by atoms with Crippen LogP contribution >= 0.6 is 0 Å². The molecule has 2 heterocycles. The fourth-order valence-electron chi connectivity index (χ4n) is 4.68. The molecule has 0 unspecified atom stereocenters. The van der Waals surface area contributed by atoms with Gasteiger partial charge in [0.15, 0.2) is 11.6 Å². The van der Waals surface area contributed by atoms with Crippen LogP contribution in [0.2, 0.25) is 0 Å². The Balaban J connectivity index is 1.48. The van der Waals surface area contributed by atoms with Crippen molar-refractivity contribution in [1.82, 2.24) is 20.1 Å². The van der Waals surface area contributed by atoms with Crippen molar-refractivity contribution in [2.75, 3.05) is 26.4 Å². The van der Waals surface area contributed by atoms with Crippen LogP contribution in [0.25, 0.3) is 22.8 Å². The van der Waals surface area contributed by atoms with Gasteiger partial charge in [0.1, 0.15) is 11.4 Å². The Hall–Kier alpha value is -3.55. The summed E-state index contributed by atoms with van der Waals surface area (Å²) in [5, 5.41) is 7.42. The van der Waals surface area contributed by atoms with Crippen molar-refractivity contribution in [3.63, 3.8) is 0 Å². The van der Waals surface area contributed by atoms with E-state index in [1.807, 2.05) is 42.5 Å². The number of rotatable bonds is 7. The summed E-state index contributed by atoms with van der Waals surface area (Å²) in [5.74, 6) is 1.04. The molecule has 4 aromatic rings. The number of nitrogens with two attached hydrogens (primary N) is 1. The second kappa shape index (κ2) is 9.00. The average molecular weight is 458 g/mol. The monoisotopic (exact) mass is 457 g/mol. The Labute approximate surface area is 198 Å². The van der Waals surface area contributed by atoms with Gasteiger partial charge in [-0.2, -0.15) is 5.10 Å². The number of nitrogen functional groups attached to an aromatic ring is 1. The van der Waals surface area contributed by atoms with Crippen molar-refractivity contribution in [3.8, 4) is 22.8 Å². The zero-order valence-corrected chi connectivity index (χ0v) is 19.4. The molecule has 174 valence electrons. The first kappa shape index (κ1) is 22.3. The minimum atomic E-state index is -0.592. The Bertz CT molecular complexity index is 1300. The molecular formula is C27H28FN5O. The fourth-order valence-corrected chi connectivity index (χ4v) is 4.68. The van der Waals surface area contributed by atoms with Gasteiger partial charge in [0.2, 0.25) is 0 Å². The number of nitrogens with one attached hydrogen (secondary N) is 1. The highest BCUT2D eigenvalue weighted by atomic mass is 19.1. The highest BCUT2D eigenvalue weighted by molar-refractivity contribution is 5.65. The van der Waals surface area contributed by atoms with Crippen LogP contribution in [-0.2, 0) is 16.9 Å². The molecule has 0 aliphatic carbocycles. The van der Waals surface area contributed by atoms with Gasteiger partial charge < -0.3 is 15.4 Å². The molecule has 3 N–H and O–H groups in total. The minimum Gasteiger partial charge on any atom is -0.399 e. The molecule has 7 heteroatoms. The molecule has 3 aromatic carbocycles. The van der Waals surface area contributed by atoms with Crippen LogP contribution in [0.15, 0.2) is 66.7 Å². The van der Waals surface area contributed by atoms with Gasteiger partial charge in [0, 0.05) is 16.8 Å². The van der Waals surface area contributed by atoms with Crippen molar-refractivity contribution in [1.29, 1.82) is 0 Å². The van der Waals surface area contributed by atoms with Crippen molar-refractivity contribution in [2.45, 2.75) is 25.0 Å². The molecule has 1 aromatic heterocycles. The average Bonchev–Trinajstić information content (AvgIpc) is 3.45. The van der Waals surface area contributed by atoms with Gasteiger partial charge in [-0.15, -0.1) is 0 Å². The van der Waals surface area contributed by atoms with E-state index in [0.29, 0.717) is 23.9 Å². The molecule has 0 spiro atoms. The molecule has 0 saturated heterocycles. The van der Waals surface area contributed by atoms with Crippen LogP contribution in [0, 0.1) is 5.82 Å². The molecule has 5 rings (SSSR count). The minimum absolute atomic E-state index is 0.248. The molecule has 0 saturated carbocycles. The zero-order chi connectivity index (χ0) is 23.7. The molecular weight excluding hydrogens is 429 g/mol. The lowest BCUT2D eigenvalue weighted by molar-refractivity contribution is -0.0140. The van der Waals surface area contributed by atoms with Gasteiger partial charge in [-0.05, 0) is 80.5 Å². The van der Waals surface area contributed by atoms with Gasteiger partial charge in [0.05, 0.1) is 6.61 Å². The van der Waals surface area contributed by atoms with Gasteiger partial charge >= 0.3 is 0 Å². The van der Waals surface area contributed by atoms with E-state index in [0.717, 1.165) is 47.2 Å². The summed E-state index contributed by atoms with van der Waals surface area (Å²) in [7, 11) is 4.13. The summed E-state index contributed by atoms with van der Waals surface area (Å²) in [6.45, 7) is 1.43. The van der Waals surface area contributed by atoms with E-state index in [-0.39, 0.29) is 5.82 Å². The van der Waals surface area contributed by atoms with E-state index in [9.17, 15) is 4.39 Å². The lowest BCUT2D eigenvalue weighted by atomic mass is 9.81. The van der Waals surface area contributed by atoms with E-state index >= 15 is 0 Å². The second-order valence-electron chi connectivity index (χ2n) is 9.03. The molecule has 6 nitrogen and oxygen atoms in total. The predicted molar refractivity (Wildman–Crippen MR) is 131 cm³/mol. The van der Waals surface area contributed by atoms with E-state index in [4.69, 9.17) is 10.5 Å². The lowest BCUT2D eigenvalue weighted by Crippen LogP contribution is -2.28. The Kier molecular flexibility index (Phi) is 5.89. The number of aromatic nitrogens is 3. The highest BCUT2D eigenvalue weighted by Gasteiger charge is 2.41. The third-order valence-corrected chi connectivity index (χ3v) is 6.36. The number of benzene rings is 3. The number of ether oxygens (including phenoxy) is 1. The quantitative estimate of drug-likeness (QED) is 0.383. The second-order valence-corrected chi connectivity index (χ2v) is 9.03. The number of hydrogen-bond donors (Lipinski definition) is 2. The third kappa shape index (κ3) is 4.20. The number of halogens is 1. The van der Waals surface area contributed by atoms with E-state index in [1.165, 1.54) is 12.1 Å². The normalized spacial score (nSPS) is 17.3. The first-order valence-corrected chi connectivity index (χ1v) is 11.4. The Morgan fingerprint density at radius 3 is 2.65 bits per heavy atom. The summed E-state index contributed by atoms with van der Waals surface area (Å²) in [4.78, 5) is 6.85. The number of hydrogen-bond acceptors (Lipinski definition) is 5. The predicted octanol–water partition coefficient (Wildman–Crippen LogP) is 4.98. The molecule has 0 amide bonds. The first-order valence-electron chi connectivity index (χ1n) is 11.4. The van der Waals surface area contributed by atoms with Gasteiger partial charge in [0.25, 0.3) is 0 Å². The third-order valence-electron chi connectivity index (χ3n) is 6.36. The van der Waals surface area contributed by atoms with Crippen molar-refractivity contribution in [3.05, 3.63) is 89.2 Å². The number of anilines is 1. The molecule has 0 radical (unpaired) electrons. The van der Waals surface area contributed by atoms with Gasteiger partial charge in [-0.25, -0.2) is 9.37 Å². The smallest absolute Gasteiger partial charge is 0.181 e. The SMILES string of the molecule is CN(C)CCC[C@@]1(c2ccc(F)cc2)OCc2cc(-c3nc(-c4cccc(N)c4)n[nH]3)ccc21. The Morgan fingerprint density at radius 1 is 1.06 bits per heavy atom. The number of nitrogens with zero attached hydrogens (tertiary/aromatic N) is 3. The van der Waals surface area contributed by atoms with Gasteiger partial charge in [-0.3, -0.25) is 5.10 Å². The largest absolute Gasteiger partial charge is 0.399 e. The van der Waals surface area contributed by atoms with Crippen LogP contribution in [0.1, 0.15) is 29.5 Å². The summed E-state index contributed by atoms with van der Waals surface area (Å²) in [6.07, 6.45) is 1.77. The lowest BCUT2D eigenvalue weighted by Gasteiger charge is -2.31. The number of fused-ring (bicyclic) bond motifs is 1.